The van der Waals surface area contributed by atoms with Crippen LogP contribution < -0.4 is 5.32 Å². The Balaban J connectivity index is 1.62. The van der Waals surface area contributed by atoms with Gasteiger partial charge in [0.15, 0.2) is 0 Å². The van der Waals surface area contributed by atoms with Gasteiger partial charge in [0.25, 0.3) is 10.2 Å². The van der Waals surface area contributed by atoms with Crippen LogP contribution in [-0.2, 0) is 23.2 Å². The summed E-state index contributed by atoms with van der Waals surface area (Å²) >= 11 is 0. The lowest BCUT2D eigenvalue weighted by atomic mass is 10.0. The maximum Gasteiger partial charge on any atom is 0.282 e. The van der Waals surface area contributed by atoms with E-state index in [1.165, 1.54) is 5.56 Å². The van der Waals surface area contributed by atoms with E-state index in [1.807, 2.05) is 30.3 Å². The molecule has 2 aliphatic rings. The highest BCUT2D eigenvalue weighted by Crippen LogP contribution is 2.29. The van der Waals surface area contributed by atoms with E-state index in [1.54, 1.807) is 21.0 Å². The van der Waals surface area contributed by atoms with Crippen molar-refractivity contribution in [1.29, 1.82) is 0 Å². The lowest BCUT2D eigenvalue weighted by Gasteiger charge is -2.39. The van der Waals surface area contributed by atoms with E-state index >= 15 is 0 Å². The minimum Gasteiger partial charge on any atom is -0.313 e. The molecule has 2 aromatic rings. The van der Waals surface area contributed by atoms with Crippen molar-refractivity contribution in [2.75, 3.05) is 26.2 Å². The average Bonchev–Trinajstić information content (AvgIpc) is 2.68. The highest BCUT2D eigenvalue weighted by Gasteiger charge is 2.38. The molecule has 1 aromatic carbocycles. The first-order valence-electron chi connectivity index (χ1n) is 8.60. The Bertz CT molecular complexity index is 841. The van der Waals surface area contributed by atoms with Crippen LogP contribution >= 0.6 is 0 Å². The number of rotatable bonds is 3. The van der Waals surface area contributed by atoms with Gasteiger partial charge < -0.3 is 5.32 Å². The van der Waals surface area contributed by atoms with Gasteiger partial charge in [-0.05, 0) is 29.2 Å². The van der Waals surface area contributed by atoms with E-state index in [4.69, 9.17) is 0 Å². The van der Waals surface area contributed by atoms with Crippen LogP contribution in [0.1, 0.15) is 22.7 Å². The van der Waals surface area contributed by atoms with Gasteiger partial charge in [0.2, 0.25) is 0 Å². The summed E-state index contributed by atoms with van der Waals surface area (Å²) < 4.78 is 29.9. The molecule has 2 aliphatic heterocycles. The second kappa shape index (κ2) is 6.84. The zero-order chi connectivity index (χ0) is 17.3. The predicted octanol–water partition coefficient (Wildman–Crippen LogP) is 1.33. The van der Waals surface area contributed by atoms with E-state index < -0.39 is 10.2 Å². The summed E-state index contributed by atoms with van der Waals surface area (Å²) in [5.74, 6) is 0. The van der Waals surface area contributed by atoms with Gasteiger partial charge in [-0.25, -0.2) is 0 Å². The zero-order valence-corrected chi connectivity index (χ0v) is 14.8. The van der Waals surface area contributed by atoms with Crippen molar-refractivity contribution < 1.29 is 8.42 Å². The number of fused-ring (bicyclic) bond motifs is 1. The molecule has 6 nitrogen and oxygen atoms in total. The van der Waals surface area contributed by atoms with Gasteiger partial charge in [0.1, 0.15) is 0 Å². The maximum absolute atomic E-state index is 13.3. The van der Waals surface area contributed by atoms with Crippen molar-refractivity contribution in [1.82, 2.24) is 18.9 Å². The molecule has 0 aliphatic carbocycles. The second-order valence-electron chi connectivity index (χ2n) is 6.48. The number of hydrogen-bond acceptors (Lipinski definition) is 4. The summed E-state index contributed by atoms with van der Waals surface area (Å²) in [5.41, 5.74) is 3.28. The van der Waals surface area contributed by atoms with E-state index in [-0.39, 0.29) is 6.04 Å². The topological polar surface area (TPSA) is 65.5 Å². The van der Waals surface area contributed by atoms with Crippen molar-refractivity contribution in [2.45, 2.75) is 19.0 Å². The third-order valence-corrected chi connectivity index (χ3v) is 6.98. The number of piperazine rings is 1. The molecular formula is C18H22N4O2S. The van der Waals surface area contributed by atoms with Gasteiger partial charge in [-0.15, -0.1) is 0 Å². The molecule has 0 bridgehead atoms. The van der Waals surface area contributed by atoms with Gasteiger partial charge in [0, 0.05) is 45.1 Å². The van der Waals surface area contributed by atoms with E-state index in [0.717, 1.165) is 17.5 Å². The molecule has 1 aromatic heterocycles. The molecule has 0 saturated carbocycles. The van der Waals surface area contributed by atoms with Gasteiger partial charge in [-0.2, -0.15) is 17.0 Å². The third-order valence-electron chi connectivity index (χ3n) is 4.98. The fourth-order valence-electron chi connectivity index (χ4n) is 3.63. The lowest BCUT2D eigenvalue weighted by Crippen LogP contribution is -2.54. The SMILES string of the molecule is O=S(=O)(N1CCc2ccccc2C1)N1CCNCC1c1cccnc1. The fraction of sp³-hybridized carbons (Fsp3) is 0.389. The molecule has 1 fully saturated rings. The first kappa shape index (κ1) is 16.7. The predicted molar refractivity (Wildman–Crippen MR) is 96.0 cm³/mol. The number of pyridine rings is 1. The Morgan fingerprint density at radius 3 is 2.72 bits per heavy atom. The molecule has 1 N–H and O–H groups in total. The van der Waals surface area contributed by atoms with Crippen LogP contribution in [0.25, 0.3) is 0 Å². The summed E-state index contributed by atoms with van der Waals surface area (Å²) in [6.07, 6.45) is 4.23. The van der Waals surface area contributed by atoms with E-state index in [9.17, 15) is 8.42 Å². The number of hydrogen-bond donors (Lipinski definition) is 1. The number of benzene rings is 1. The number of nitrogens with zero attached hydrogens (tertiary/aromatic N) is 3. The van der Waals surface area contributed by atoms with Gasteiger partial charge >= 0.3 is 0 Å². The Hall–Kier alpha value is -1.80. The second-order valence-corrected chi connectivity index (χ2v) is 8.36. The Labute approximate surface area is 148 Å². The van der Waals surface area contributed by atoms with Crippen molar-refractivity contribution in [3.63, 3.8) is 0 Å². The Kier molecular flexibility index (Phi) is 4.56. The first-order chi connectivity index (χ1) is 12.2. The van der Waals surface area contributed by atoms with Crippen LogP contribution in [0.2, 0.25) is 0 Å². The Morgan fingerprint density at radius 1 is 1.08 bits per heavy atom. The average molecular weight is 358 g/mol. The monoisotopic (exact) mass is 358 g/mol. The molecule has 0 spiro atoms. The van der Waals surface area contributed by atoms with Crippen LogP contribution in [0.15, 0.2) is 48.8 Å². The number of nitrogens with one attached hydrogen (secondary N) is 1. The van der Waals surface area contributed by atoms with Crippen molar-refractivity contribution in [2.24, 2.45) is 0 Å². The van der Waals surface area contributed by atoms with E-state index in [2.05, 4.69) is 16.4 Å². The zero-order valence-electron chi connectivity index (χ0n) is 14.0. The first-order valence-corrected chi connectivity index (χ1v) is 10.0. The molecular weight excluding hydrogens is 336 g/mol. The lowest BCUT2D eigenvalue weighted by molar-refractivity contribution is 0.242. The standard InChI is InChI=1S/C18H22N4O2S/c23-25(24,21-10-7-15-4-1-2-5-17(15)14-21)22-11-9-20-13-18(22)16-6-3-8-19-12-16/h1-6,8,12,18,20H,7,9-11,13-14H2. The van der Waals surface area contributed by atoms with Crippen molar-refractivity contribution in [3.8, 4) is 0 Å². The molecule has 0 amide bonds. The molecule has 1 saturated heterocycles. The molecule has 3 heterocycles. The quantitative estimate of drug-likeness (QED) is 0.899. The molecule has 25 heavy (non-hydrogen) atoms. The smallest absolute Gasteiger partial charge is 0.282 e. The summed E-state index contributed by atoms with van der Waals surface area (Å²) in [7, 11) is -3.53. The van der Waals surface area contributed by atoms with Crippen molar-refractivity contribution in [3.05, 3.63) is 65.5 Å². The minimum atomic E-state index is -3.53. The van der Waals surface area contributed by atoms with Gasteiger partial charge in [-0.1, -0.05) is 30.3 Å². The molecule has 132 valence electrons. The van der Waals surface area contributed by atoms with Crippen LogP contribution in [0, 0.1) is 0 Å². The summed E-state index contributed by atoms with van der Waals surface area (Å²) in [5, 5.41) is 3.30. The summed E-state index contributed by atoms with van der Waals surface area (Å²) in [6.45, 7) is 2.72. The summed E-state index contributed by atoms with van der Waals surface area (Å²) in [6, 6.07) is 11.7. The molecule has 1 atom stereocenters. The van der Waals surface area contributed by atoms with Gasteiger partial charge in [-0.3, -0.25) is 4.98 Å². The van der Waals surface area contributed by atoms with E-state index in [0.29, 0.717) is 32.7 Å². The highest BCUT2D eigenvalue weighted by molar-refractivity contribution is 7.86. The van der Waals surface area contributed by atoms with Gasteiger partial charge in [0.05, 0.1) is 6.04 Å². The highest BCUT2D eigenvalue weighted by atomic mass is 32.2. The number of aromatic nitrogens is 1. The van der Waals surface area contributed by atoms with Crippen LogP contribution in [0.5, 0.6) is 0 Å². The normalized spacial score (nSPS) is 22.5. The fourth-order valence-corrected chi connectivity index (χ4v) is 5.39. The van der Waals surface area contributed by atoms with Crippen LogP contribution in [0.3, 0.4) is 0 Å². The molecule has 4 rings (SSSR count). The maximum atomic E-state index is 13.3. The largest absolute Gasteiger partial charge is 0.313 e. The Morgan fingerprint density at radius 2 is 1.92 bits per heavy atom. The van der Waals surface area contributed by atoms with Crippen molar-refractivity contribution >= 4 is 10.2 Å². The molecule has 1 unspecified atom stereocenters. The molecule has 0 radical (unpaired) electrons. The third kappa shape index (κ3) is 3.20. The van der Waals surface area contributed by atoms with Crippen LogP contribution in [-0.4, -0.2) is 48.2 Å². The van der Waals surface area contributed by atoms with Crippen LogP contribution in [0.4, 0.5) is 0 Å². The molecule has 7 heteroatoms. The minimum absolute atomic E-state index is 0.218. The summed E-state index contributed by atoms with van der Waals surface area (Å²) in [4.78, 5) is 4.16.